The molecule has 0 unspecified atom stereocenters. The Hall–Kier alpha value is -1.66. The second-order valence-electron chi connectivity index (χ2n) is 3.97. The van der Waals surface area contributed by atoms with Gasteiger partial charge in [-0.3, -0.25) is 0 Å². The largest absolute Gasteiger partial charge is 0.395 e. The zero-order valence-electron chi connectivity index (χ0n) is 9.80. The smallest absolute Gasteiger partial charge is 0.151 e. The van der Waals surface area contributed by atoms with Crippen LogP contribution in [0.4, 0.5) is 5.82 Å². The number of anilines is 1. The van der Waals surface area contributed by atoms with E-state index in [0.29, 0.717) is 5.82 Å². The van der Waals surface area contributed by atoms with Crippen LogP contribution in [-0.2, 0) is 6.42 Å². The molecule has 0 saturated heterocycles. The molecular weight excluding hydrogens is 218 g/mol. The maximum atomic E-state index is 9.10. The molecule has 17 heavy (non-hydrogen) atoms. The summed E-state index contributed by atoms with van der Waals surface area (Å²) in [5.74, 6) is 0.485. The highest BCUT2D eigenvalue weighted by atomic mass is 16.3. The Morgan fingerprint density at radius 1 is 1.53 bits per heavy atom. The summed E-state index contributed by atoms with van der Waals surface area (Å²) in [7, 11) is 1.84. The molecule has 0 aliphatic rings. The Balaban J connectivity index is 2.17. The van der Waals surface area contributed by atoms with Crippen molar-refractivity contribution in [2.45, 2.75) is 18.9 Å². The molecule has 0 aliphatic carbocycles. The van der Waals surface area contributed by atoms with Gasteiger partial charge in [0.1, 0.15) is 11.8 Å². The number of aromatic nitrogens is 3. The lowest BCUT2D eigenvalue weighted by Crippen LogP contribution is -2.29. The lowest BCUT2D eigenvalue weighted by atomic mass is 10.1. The van der Waals surface area contributed by atoms with Crippen molar-refractivity contribution in [1.82, 2.24) is 19.9 Å². The molecule has 2 rings (SSSR count). The first-order chi connectivity index (χ1) is 8.26. The molecule has 0 bridgehead atoms. The molecule has 2 aromatic rings. The van der Waals surface area contributed by atoms with Crippen molar-refractivity contribution in [2.24, 2.45) is 0 Å². The van der Waals surface area contributed by atoms with Gasteiger partial charge in [-0.1, -0.05) is 0 Å². The van der Waals surface area contributed by atoms with E-state index in [9.17, 15) is 0 Å². The Kier molecular flexibility index (Phi) is 3.55. The molecule has 4 N–H and O–H groups in total. The normalized spacial score (nSPS) is 13.1. The van der Waals surface area contributed by atoms with E-state index in [1.807, 2.05) is 19.2 Å². The van der Waals surface area contributed by atoms with E-state index >= 15 is 0 Å². The number of nitrogens with two attached hydrogens (primary N) is 1. The maximum absolute atomic E-state index is 9.10. The third-order valence-electron chi connectivity index (χ3n) is 2.94. The molecule has 6 nitrogen and oxygen atoms in total. The molecule has 2 heterocycles. The van der Waals surface area contributed by atoms with Crippen molar-refractivity contribution in [1.29, 1.82) is 0 Å². The molecule has 0 spiro atoms. The molecule has 0 saturated carbocycles. The number of aliphatic hydroxyl groups excluding tert-OH is 1. The van der Waals surface area contributed by atoms with Crippen LogP contribution < -0.4 is 11.1 Å². The minimum Gasteiger partial charge on any atom is -0.395 e. The maximum Gasteiger partial charge on any atom is 0.151 e. The Labute approximate surface area is 99.5 Å². The fourth-order valence-corrected chi connectivity index (χ4v) is 1.85. The molecule has 1 atom stereocenters. The average Bonchev–Trinajstić information content (AvgIpc) is 2.75. The summed E-state index contributed by atoms with van der Waals surface area (Å²) in [5, 5.41) is 16.3. The number of nitrogens with one attached hydrogen (secondary N) is 1. The van der Waals surface area contributed by atoms with Gasteiger partial charge in [0.05, 0.1) is 6.61 Å². The lowest BCUT2D eigenvalue weighted by Gasteiger charge is -2.12. The number of aliphatic hydroxyl groups is 1. The zero-order valence-corrected chi connectivity index (χ0v) is 9.80. The average molecular weight is 235 g/mol. The topological polar surface area (TPSA) is 88.5 Å². The van der Waals surface area contributed by atoms with Gasteiger partial charge in [-0.2, -0.15) is 5.10 Å². The summed E-state index contributed by atoms with van der Waals surface area (Å²) >= 11 is 0. The number of fused-ring (bicyclic) bond motifs is 1. The number of aryl methyl sites for hydroxylation is 1. The molecule has 0 amide bonds. The van der Waals surface area contributed by atoms with E-state index in [2.05, 4.69) is 15.4 Å². The van der Waals surface area contributed by atoms with E-state index in [4.69, 9.17) is 10.8 Å². The number of nitrogens with zero attached hydrogens (tertiary/aromatic N) is 3. The number of likely N-dealkylation sites (N-methyl/N-ethyl adjacent to an activating group) is 1. The van der Waals surface area contributed by atoms with Crippen LogP contribution in [0.1, 0.15) is 12.1 Å². The van der Waals surface area contributed by atoms with Crippen LogP contribution in [0, 0.1) is 0 Å². The molecule has 92 valence electrons. The second-order valence-corrected chi connectivity index (χ2v) is 3.97. The van der Waals surface area contributed by atoms with Gasteiger partial charge in [0, 0.05) is 11.7 Å². The SMILES string of the molecule is CN[C@H](CO)CCc1ccc2c(N)ncnn12. The number of nitrogen functional groups attached to an aromatic ring is 1. The van der Waals surface area contributed by atoms with Gasteiger partial charge in [0.15, 0.2) is 5.82 Å². The quantitative estimate of drug-likeness (QED) is 0.669. The zero-order chi connectivity index (χ0) is 12.3. The Bertz CT molecular complexity index is 492. The minimum absolute atomic E-state index is 0.111. The third-order valence-corrected chi connectivity index (χ3v) is 2.94. The summed E-state index contributed by atoms with van der Waals surface area (Å²) in [6.07, 6.45) is 3.13. The van der Waals surface area contributed by atoms with Gasteiger partial charge < -0.3 is 16.2 Å². The summed E-state index contributed by atoms with van der Waals surface area (Å²) in [4.78, 5) is 3.94. The van der Waals surface area contributed by atoms with E-state index in [0.717, 1.165) is 24.1 Å². The Morgan fingerprint density at radius 2 is 2.35 bits per heavy atom. The van der Waals surface area contributed by atoms with Crippen LogP contribution in [0.25, 0.3) is 5.52 Å². The van der Waals surface area contributed by atoms with Crippen molar-refractivity contribution < 1.29 is 5.11 Å². The molecule has 0 fully saturated rings. The van der Waals surface area contributed by atoms with Crippen molar-refractivity contribution in [3.63, 3.8) is 0 Å². The molecular formula is C11H17N5O. The first kappa shape index (κ1) is 11.8. The van der Waals surface area contributed by atoms with Crippen LogP contribution >= 0.6 is 0 Å². The highest BCUT2D eigenvalue weighted by Gasteiger charge is 2.09. The predicted molar refractivity (Wildman–Crippen MR) is 65.7 cm³/mol. The molecule has 0 aromatic carbocycles. The minimum atomic E-state index is 0.111. The standard InChI is InChI=1S/C11H17N5O/c1-13-8(6-17)2-3-9-4-5-10-11(12)14-7-15-16(9)10/h4-5,7-8,13,17H,2-3,6H2,1H3,(H2,12,14,15)/t8-/m0/s1. The van der Waals surface area contributed by atoms with Gasteiger partial charge in [-0.25, -0.2) is 9.50 Å². The number of hydrogen-bond acceptors (Lipinski definition) is 5. The number of rotatable bonds is 5. The molecule has 6 heteroatoms. The fourth-order valence-electron chi connectivity index (χ4n) is 1.85. The van der Waals surface area contributed by atoms with Crippen molar-refractivity contribution >= 4 is 11.3 Å². The van der Waals surface area contributed by atoms with Gasteiger partial charge in [-0.05, 0) is 32.0 Å². The molecule has 0 radical (unpaired) electrons. The summed E-state index contributed by atoms with van der Waals surface area (Å²) in [5.41, 5.74) is 7.65. The van der Waals surface area contributed by atoms with Crippen molar-refractivity contribution in [3.05, 3.63) is 24.2 Å². The summed E-state index contributed by atoms with van der Waals surface area (Å²) < 4.78 is 1.80. The molecule has 2 aromatic heterocycles. The van der Waals surface area contributed by atoms with Crippen molar-refractivity contribution in [3.8, 4) is 0 Å². The fraction of sp³-hybridized carbons (Fsp3) is 0.455. The number of hydrogen-bond donors (Lipinski definition) is 3. The van der Waals surface area contributed by atoms with Crippen LogP contribution in [-0.4, -0.2) is 39.4 Å². The molecule has 0 aliphatic heterocycles. The van der Waals surface area contributed by atoms with Gasteiger partial charge in [0.25, 0.3) is 0 Å². The van der Waals surface area contributed by atoms with E-state index in [-0.39, 0.29) is 12.6 Å². The third kappa shape index (κ3) is 2.37. The van der Waals surface area contributed by atoms with Gasteiger partial charge in [0.2, 0.25) is 0 Å². The van der Waals surface area contributed by atoms with E-state index in [1.54, 1.807) is 4.52 Å². The lowest BCUT2D eigenvalue weighted by molar-refractivity contribution is 0.242. The predicted octanol–water partition coefficient (Wildman–Crippen LogP) is -0.176. The summed E-state index contributed by atoms with van der Waals surface area (Å²) in [6.45, 7) is 0.136. The monoisotopic (exact) mass is 235 g/mol. The second kappa shape index (κ2) is 5.11. The Morgan fingerprint density at radius 3 is 3.06 bits per heavy atom. The van der Waals surface area contributed by atoms with Crippen LogP contribution in [0.15, 0.2) is 18.5 Å². The first-order valence-electron chi connectivity index (χ1n) is 5.61. The van der Waals surface area contributed by atoms with Crippen LogP contribution in [0.3, 0.4) is 0 Å². The van der Waals surface area contributed by atoms with Gasteiger partial charge in [-0.15, -0.1) is 0 Å². The van der Waals surface area contributed by atoms with Crippen LogP contribution in [0.5, 0.6) is 0 Å². The highest BCUT2D eigenvalue weighted by molar-refractivity contribution is 5.65. The van der Waals surface area contributed by atoms with E-state index < -0.39 is 0 Å². The highest BCUT2D eigenvalue weighted by Crippen LogP contribution is 2.14. The van der Waals surface area contributed by atoms with Crippen LogP contribution in [0.2, 0.25) is 0 Å². The summed E-state index contributed by atoms with van der Waals surface area (Å²) in [6, 6.07) is 4.02. The van der Waals surface area contributed by atoms with E-state index in [1.165, 1.54) is 6.33 Å². The van der Waals surface area contributed by atoms with Gasteiger partial charge >= 0.3 is 0 Å². The first-order valence-corrected chi connectivity index (χ1v) is 5.61. The van der Waals surface area contributed by atoms with Crippen molar-refractivity contribution in [2.75, 3.05) is 19.4 Å².